The molecule has 1 aliphatic carbocycles. The summed E-state index contributed by atoms with van der Waals surface area (Å²) in [7, 11) is -1.73. The summed E-state index contributed by atoms with van der Waals surface area (Å²) in [4.78, 5) is 17.6. The fraction of sp³-hybridized carbons (Fsp3) is 0.409. The molecule has 0 N–H and O–H groups in total. The summed E-state index contributed by atoms with van der Waals surface area (Å²) in [6.07, 6.45) is 2.57. The lowest BCUT2D eigenvalue weighted by atomic mass is 10.0. The molecule has 0 radical (unpaired) electrons. The minimum atomic E-state index is -3.10. The zero-order valence-electron chi connectivity index (χ0n) is 17.0. The first-order valence-electron chi connectivity index (χ1n) is 10.2. The van der Waals surface area contributed by atoms with Gasteiger partial charge in [0.05, 0.1) is 35.6 Å². The van der Waals surface area contributed by atoms with Crippen LogP contribution in [0.15, 0.2) is 30.3 Å². The molecule has 2 fully saturated rings. The van der Waals surface area contributed by atoms with E-state index < -0.39 is 15.8 Å². The predicted molar refractivity (Wildman–Crippen MR) is 113 cm³/mol. The van der Waals surface area contributed by atoms with Gasteiger partial charge >= 0.3 is 5.97 Å². The maximum atomic E-state index is 12.7. The van der Waals surface area contributed by atoms with Gasteiger partial charge in [-0.2, -0.15) is 5.10 Å². The fourth-order valence-electron chi connectivity index (χ4n) is 4.15. The van der Waals surface area contributed by atoms with Crippen molar-refractivity contribution in [1.82, 2.24) is 14.8 Å². The van der Waals surface area contributed by atoms with E-state index in [1.54, 1.807) is 4.68 Å². The minimum Gasteiger partial charge on any atom is -0.465 e. The van der Waals surface area contributed by atoms with E-state index in [1.807, 2.05) is 37.3 Å². The maximum Gasteiger partial charge on any atom is 0.338 e. The normalized spacial score (nSPS) is 20.5. The van der Waals surface area contributed by atoms with Crippen LogP contribution in [0.5, 0.6) is 0 Å². The Labute approximate surface area is 175 Å². The van der Waals surface area contributed by atoms with Gasteiger partial charge in [0.15, 0.2) is 15.5 Å². The van der Waals surface area contributed by atoms with Gasteiger partial charge in [0.25, 0.3) is 0 Å². The highest BCUT2D eigenvalue weighted by atomic mass is 32.2. The molecule has 5 rings (SSSR count). The number of esters is 1. The second-order valence-corrected chi connectivity index (χ2v) is 10.5. The van der Waals surface area contributed by atoms with Crippen LogP contribution >= 0.6 is 0 Å². The van der Waals surface area contributed by atoms with Gasteiger partial charge in [0.1, 0.15) is 5.69 Å². The number of methoxy groups -OCH3 is 1. The van der Waals surface area contributed by atoms with Crippen LogP contribution in [0.2, 0.25) is 0 Å². The third-order valence-corrected chi connectivity index (χ3v) is 7.71. The van der Waals surface area contributed by atoms with Crippen LogP contribution in [0.4, 0.5) is 0 Å². The largest absolute Gasteiger partial charge is 0.465 e. The van der Waals surface area contributed by atoms with Crippen molar-refractivity contribution in [2.24, 2.45) is 0 Å². The Balaban J connectivity index is 1.80. The molecule has 1 aromatic carbocycles. The van der Waals surface area contributed by atoms with Crippen molar-refractivity contribution in [3.05, 3.63) is 47.2 Å². The lowest BCUT2D eigenvalue weighted by Gasteiger charge is -2.11. The number of fused-ring (bicyclic) bond motifs is 1. The first-order chi connectivity index (χ1) is 14.4. The van der Waals surface area contributed by atoms with E-state index in [0.717, 1.165) is 29.7 Å². The monoisotopic (exact) mass is 425 g/mol. The fourth-order valence-corrected chi connectivity index (χ4v) is 5.84. The highest BCUT2D eigenvalue weighted by Crippen LogP contribution is 2.42. The van der Waals surface area contributed by atoms with Crippen LogP contribution in [0.25, 0.3) is 22.3 Å². The highest BCUT2D eigenvalue weighted by molar-refractivity contribution is 7.91. The van der Waals surface area contributed by atoms with Gasteiger partial charge < -0.3 is 4.74 Å². The smallest absolute Gasteiger partial charge is 0.338 e. The Morgan fingerprint density at radius 3 is 2.50 bits per heavy atom. The Bertz CT molecular complexity index is 1260. The standard InChI is InChI=1S/C22H23N3O4S/c1-13-3-5-15(6-4-13)20-19-17(22(26)29-2)11-18(14-7-8-14)23-21(19)25(24-20)16-9-10-30(27,28)12-16/h3-6,11,14,16H,7-10,12H2,1-2H3. The van der Waals surface area contributed by atoms with Gasteiger partial charge in [0.2, 0.25) is 0 Å². The molecule has 1 unspecified atom stereocenters. The van der Waals surface area contributed by atoms with Gasteiger partial charge in [-0.25, -0.2) is 22.9 Å². The number of hydrogen-bond acceptors (Lipinski definition) is 6. The summed E-state index contributed by atoms with van der Waals surface area (Å²) < 4.78 is 31.1. The Hall–Kier alpha value is -2.74. The molecule has 1 saturated carbocycles. The summed E-state index contributed by atoms with van der Waals surface area (Å²) in [5, 5.41) is 5.44. The third kappa shape index (κ3) is 3.29. The van der Waals surface area contributed by atoms with Crippen LogP contribution in [-0.2, 0) is 14.6 Å². The van der Waals surface area contributed by atoms with E-state index in [-0.39, 0.29) is 17.5 Å². The van der Waals surface area contributed by atoms with Crippen LogP contribution in [0.3, 0.4) is 0 Å². The van der Waals surface area contributed by atoms with E-state index in [2.05, 4.69) is 0 Å². The Morgan fingerprint density at radius 1 is 1.17 bits per heavy atom. The summed E-state index contributed by atoms with van der Waals surface area (Å²) in [6.45, 7) is 2.01. The summed E-state index contributed by atoms with van der Waals surface area (Å²) in [5.74, 6) is 0.0815. The molecule has 3 heterocycles. The molecule has 7 nitrogen and oxygen atoms in total. The van der Waals surface area contributed by atoms with Crippen molar-refractivity contribution >= 4 is 26.8 Å². The Morgan fingerprint density at radius 2 is 1.90 bits per heavy atom. The van der Waals surface area contributed by atoms with Crippen molar-refractivity contribution in [2.75, 3.05) is 18.6 Å². The van der Waals surface area contributed by atoms with Crippen molar-refractivity contribution in [2.45, 2.75) is 38.1 Å². The number of pyridine rings is 1. The number of sulfone groups is 1. The number of rotatable bonds is 4. The number of nitrogens with zero attached hydrogens (tertiary/aromatic N) is 3. The lowest BCUT2D eigenvalue weighted by Crippen LogP contribution is -2.13. The van der Waals surface area contributed by atoms with Crippen LogP contribution in [0.1, 0.15) is 52.8 Å². The van der Waals surface area contributed by atoms with E-state index in [9.17, 15) is 13.2 Å². The molecule has 0 amide bonds. The number of carbonyl (C=O) groups is 1. The summed E-state index contributed by atoms with van der Waals surface area (Å²) in [6, 6.07) is 9.43. The maximum absolute atomic E-state index is 12.7. The lowest BCUT2D eigenvalue weighted by molar-refractivity contribution is 0.0602. The molecule has 30 heavy (non-hydrogen) atoms. The zero-order valence-corrected chi connectivity index (χ0v) is 17.8. The number of aryl methyl sites for hydroxylation is 1. The second-order valence-electron chi connectivity index (χ2n) is 8.28. The Kier molecular flexibility index (Phi) is 4.43. The van der Waals surface area contributed by atoms with E-state index in [0.29, 0.717) is 34.6 Å². The average Bonchev–Trinajstić information content (AvgIpc) is 3.42. The first kappa shape index (κ1) is 19.2. The third-order valence-electron chi connectivity index (χ3n) is 5.96. The van der Waals surface area contributed by atoms with Crippen molar-refractivity contribution < 1.29 is 17.9 Å². The topological polar surface area (TPSA) is 91.2 Å². The van der Waals surface area contributed by atoms with Crippen molar-refractivity contribution in [3.8, 4) is 11.3 Å². The number of hydrogen-bond donors (Lipinski definition) is 0. The molecule has 156 valence electrons. The second kappa shape index (κ2) is 6.91. The number of benzene rings is 1. The van der Waals surface area contributed by atoms with Gasteiger partial charge in [-0.1, -0.05) is 29.8 Å². The molecule has 1 saturated heterocycles. The zero-order chi connectivity index (χ0) is 21.0. The average molecular weight is 426 g/mol. The van der Waals surface area contributed by atoms with Crippen LogP contribution in [-0.4, -0.2) is 47.8 Å². The predicted octanol–water partition coefficient (Wildman–Crippen LogP) is 3.43. The minimum absolute atomic E-state index is 0.0417. The molecule has 1 atom stereocenters. The molecular weight excluding hydrogens is 402 g/mol. The quantitative estimate of drug-likeness (QED) is 0.595. The highest BCUT2D eigenvalue weighted by Gasteiger charge is 2.34. The van der Waals surface area contributed by atoms with Gasteiger partial charge in [-0.05, 0) is 32.3 Å². The number of carbonyl (C=O) groups excluding carboxylic acids is 1. The molecule has 8 heteroatoms. The van der Waals surface area contributed by atoms with E-state index in [1.165, 1.54) is 7.11 Å². The SMILES string of the molecule is COC(=O)c1cc(C2CC2)nc2c1c(-c1ccc(C)cc1)nn2C1CCS(=O)(=O)C1. The van der Waals surface area contributed by atoms with Crippen LogP contribution < -0.4 is 0 Å². The molecule has 2 aliphatic rings. The molecule has 1 aliphatic heterocycles. The van der Waals surface area contributed by atoms with Crippen molar-refractivity contribution in [1.29, 1.82) is 0 Å². The summed E-state index contributed by atoms with van der Waals surface area (Å²) >= 11 is 0. The first-order valence-corrected chi connectivity index (χ1v) is 12.0. The van der Waals surface area contributed by atoms with Gasteiger partial charge in [0, 0.05) is 17.2 Å². The van der Waals surface area contributed by atoms with E-state index in [4.69, 9.17) is 14.8 Å². The molecule has 2 aromatic heterocycles. The van der Waals surface area contributed by atoms with Crippen LogP contribution in [0, 0.1) is 6.92 Å². The molecule has 0 spiro atoms. The van der Waals surface area contributed by atoms with Gasteiger partial charge in [-0.3, -0.25) is 0 Å². The molecule has 3 aromatic rings. The summed E-state index contributed by atoms with van der Waals surface area (Å²) in [5.41, 5.74) is 4.46. The van der Waals surface area contributed by atoms with E-state index >= 15 is 0 Å². The number of ether oxygens (including phenoxy) is 1. The molecular formula is C22H23N3O4S. The molecule has 0 bridgehead atoms. The van der Waals surface area contributed by atoms with Crippen molar-refractivity contribution in [3.63, 3.8) is 0 Å². The number of aromatic nitrogens is 3. The van der Waals surface area contributed by atoms with Gasteiger partial charge in [-0.15, -0.1) is 0 Å².